The van der Waals surface area contributed by atoms with Crippen LogP contribution in [0.5, 0.6) is 0 Å². The third-order valence-corrected chi connectivity index (χ3v) is 6.18. The van der Waals surface area contributed by atoms with Gasteiger partial charge in [0.15, 0.2) is 5.82 Å². The molecule has 0 unspecified atom stereocenters. The summed E-state index contributed by atoms with van der Waals surface area (Å²) in [6.07, 6.45) is 3.09. The summed E-state index contributed by atoms with van der Waals surface area (Å²) >= 11 is 0. The number of benzene rings is 1. The van der Waals surface area contributed by atoms with Gasteiger partial charge in [0, 0.05) is 26.2 Å². The molecule has 1 saturated heterocycles. The fourth-order valence-electron chi connectivity index (χ4n) is 4.45. The molecule has 2 fully saturated rings. The molecule has 3 heterocycles. The molecule has 3 aliphatic rings. The number of hydrogen-bond donors (Lipinski definition) is 0. The lowest BCUT2D eigenvalue weighted by Gasteiger charge is -2.35. The van der Waals surface area contributed by atoms with E-state index in [9.17, 15) is 9.59 Å². The maximum absolute atomic E-state index is 12.7. The van der Waals surface area contributed by atoms with Crippen LogP contribution in [0.2, 0.25) is 0 Å². The zero-order valence-corrected chi connectivity index (χ0v) is 16.3. The highest BCUT2D eigenvalue weighted by atomic mass is 16.5. The molecule has 1 spiro atoms. The molecule has 1 atom stereocenters. The van der Waals surface area contributed by atoms with Crippen molar-refractivity contribution >= 4 is 0 Å². The Morgan fingerprint density at radius 3 is 2.86 bits per heavy atom. The third-order valence-electron chi connectivity index (χ3n) is 6.18. The molecule has 5 rings (SSSR count). The van der Waals surface area contributed by atoms with Crippen LogP contribution in [0.4, 0.5) is 0 Å². The van der Waals surface area contributed by atoms with E-state index in [0.717, 1.165) is 38.9 Å². The van der Waals surface area contributed by atoms with Gasteiger partial charge in [0.05, 0.1) is 6.54 Å². The predicted octanol–water partition coefficient (Wildman–Crippen LogP) is 1.30. The molecule has 1 aliphatic carbocycles. The topological polar surface area (TPSA) is 69.4 Å². The number of nitrogens with zero attached hydrogens (tertiary/aromatic N) is 4. The SMILES string of the molecule is Cc1cccc(CN2CC[C@]3(C2)Cn2c(nn(CC4CC4)c(=O)c2=O)CO3)c1. The van der Waals surface area contributed by atoms with Crippen LogP contribution in [0.15, 0.2) is 33.9 Å². The largest absolute Gasteiger partial charge is 0.364 e. The van der Waals surface area contributed by atoms with E-state index < -0.39 is 16.7 Å². The van der Waals surface area contributed by atoms with Gasteiger partial charge >= 0.3 is 11.1 Å². The summed E-state index contributed by atoms with van der Waals surface area (Å²) in [6, 6.07) is 8.54. The second kappa shape index (κ2) is 6.67. The molecule has 28 heavy (non-hydrogen) atoms. The van der Waals surface area contributed by atoms with Crippen LogP contribution in [-0.2, 0) is 31.0 Å². The summed E-state index contributed by atoms with van der Waals surface area (Å²) in [5, 5.41) is 4.43. The van der Waals surface area contributed by atoms with Crippen molar-refractivity contribution in [3.05, 3.63) is 61.9 Å². The minimum absolute atomic E-state index is 0.290. The van der Waals surface area contributed by atoms with Crippen LogP contribution in [0.25, 0.3) is 0 Å². The third kappa shape index (κ3) is 3.33. The van der Waals surface area contributed by atoms with Crippen LogP contribution in [0.1, 0.15) is 36.2 Å². The summed E-state index contributed by atoms with van der Waals surface area (Å²) in [4.78, 5) is 27.5. The van der Waals surface area contributed by atoms with Crippen LogP contribution in [0.3, 0.4) is 0 Å². The van der Waals surface area contributed by atoms with Crippen LogP contribution in [-0.4, -0.2) is 37.9 Å². The highest BCUT2D eigenvalue weighted by molar-refractivity contribution is 5.22. The number of aromatic nitrogens is 3. The number of fused-ring (bicyclic) bond motifs is 1. The first kappa shape index (κ1) is 17.8. The minimum Gasteiger partial charge on any atom is -0.364 e. The van der Waals surface area contributed by atoms with Crippen molar-refractivity contribution in [1.82, 2.24) is 19.2 Å². The van der Waals surface area contributed by atoms with E-state index in [1.807, 2.05) is 0 Å². The molecule has 1 aromatic carbocycles. The zero-order chi connectivity index (χ0) is 19.3. The molecule has 0 radical (unpaired) electrons. The number of likely N-dealkylation sites (tertiary alicyclic amines) is 1. The van der Waals surface area contributed by atoms with E-state index in [2.05, 4.69) is 41.2 Å². The van der Waals surface area contributed by atoms with Crippen molar-refractivity contribution in [2.45, 2.75) is 58.0 Å². The Morgan fingerprint density at radius 1 is 1.21 bits per heavy atom. The van der Waals surface area contributed by atoms with Gasteiger partial charge in [-0.05, 0) is 37.7 Å². The Morgan fingerprint density at radius 2 is 2.07 bits per heavy atom. The second-order valence-corrected chi connectivity index (χ2v) is 8.66. The molecule has 0 bridgehead atoms. The first-order chi connectivity index (χ1) is 13.5. The summed E-state index contributed by atoms with van der Waals surface area (Å²) in [7, 11) is 0. The van der Waals surface area contributed by atoms with Gasteiger partial charge in [0.25, 0.3) is 0 Å². The number of ether oxygens (including phenoxy) is 1. The van der Waals surface area contributed by atoms with E-state index in [1.54, 1.807) is 4.57 Å². The maximum atomic E-state index is 12.7. The molecule has 2 aliphatic heterocycles. The van der Waals surface area contributed by atoms with E-state index in [4.69, 9.17) is 4.74 Å². The number of rotatable bonds is 4. The zero-order valence-electron chi connectivity index (χ0n) is 16.3. The lowest BCUT2D eigenvalue weighted by molar-refractivity contribution is -0.0859. The first-order valence-electron chi connectivity index (χ1n) is 10.1. The summed E-state index contributed by atoms with van der Waals surface area (Å²) in [6.45, 7) is 5.91. The van der Waals surface area contributed by atoms with Gasteiger partial charge in [-0.15, -0.1) is 0 Å². The highest BCUT2D eigenvalue weighted by Gasteiger charge is 2.43. The highest BCUT2D eigenvalue weighted by Crippen LogP contribution is 2.32. The molecule has 148 valence electrons. The molecule has 2 aromatic rings. The van der Waals surface area contributed by atoms with Crippen LogP contribution in [0, 0.1) is 12.8 Å². The summed E-state index contributed by atoms with van der Waals surface area (Å²) < 4.78 is 9.15. The number of aryl methyl sites for hydroxylation is 1. The number of hydrogen-bond acceptors (Lipinski definition) is 5. The quantitative estimate of drug-likeness (QED) is 0.746. The monoisotopic (exact) mass is 382 g/mol. The van der Waals surface area contributed by atoms with Crippen LogP contribution >= 0.6 is 0 Å². The molecule has 7 nitrogen and oxygen atoms in total. The average Bonchev–Trinajstić information content (AvgIpc) is 3.41. The Bertz CT molecular complexity index is 1020. The van der Waals surface area contributed by atoms with Crippen molar-refractivity contribution in [3.8, 4) is 0 Å². The maximum Gasteiger partial charge on any atom is 0.332 e. The van der Waals surface area contributed by atoms with Crippen LogP contribution < -0.4 is 11.1 Å². The average molecular weight is 382 g/mol. The Hall–Kier alpha value is -2.25. The van der Waals surface area contributed by atoms with Gasteiger partial charge in [-0.3, -0.25) is 19.1 Å². The summed E-state index contributed by atoms with van der Waals surface area (Å²) in [5.74, 6) is 1.07. The predicted molar refractivity (Wildman–Crippen MR) is 104 cm³/mol. The Kier molecular flexibility index (Phi) is 4.25. The Labute approximate surface area is 163 Å². The van der Waals surface area contributed by atoms with Crippen molar-refractivity contribution in [2.75, 3.05) is 13.1 Å². The molecule has 7 heteroatoms. The van der Waals surface area contributed by atoms with Crippen molar-refractivity contribution in [2.24, 2.45) is 5.92 Å². The smallest absolute Gasteiger partial charge is 0.332 e. The minimum atomic E-state index is -0.498. The lowest BCUT2D eigenvalue weighted by atomic mass is 10.0. The standard InChI is InChI=1S/C21H26N4O3/c1-15-3-2-4-17(9-15)10-23-8-7-21(13-23)14-24-18(12-28-21)22-25(11-16-5-6-16)20(27)19(24)26/h2-4,9,16H,5-8,10-14H2,1H3/t21-/m0/s1. The Balaban J connectivity index is 1.35. The van der Waals surface area contributed by atoms with Gasteiger partial charge in [-0.2, -0.15) is 5.10 Å². The molecular formula is C21H26N4O3. The van der Waals surface area contributed by atoms with Gasteiger partial charge in [-0.1, -0.05) is 29.8 Å². The summed E-state index contributed by atoms with van der Waals surface area (Å²) in [5.41, 5.74) is 1.19. The van der Waals surface area contributed by atoms with E-state index in [-0.39, 0.29) is 0 Å². The molecular weight excluding hydrogens is 356 g/mol. The fraction of sp³-hybridized carbons (Fsp3) is 0.571. The van der Waals surface area contributed by atoms with Gasteiger partial charge in [-0.25, -0.2) is 4.68 Å². The second-order valence-electron chi connectivity index (χ2n) is 8.66. The molecule has 1 saturated carbocycles. The normalized spacial score (nSPS) is 24.6. The van der Waals surface area contributed by atoms with Crippen molar-refractivity contribution in [3.63, 3.8) is 0 Å². The van der Waals surface area contributed by atoms with Gasteiger partial charge in [0.2, 0.25) is 0 Å². The molecule has 0 N–H and O–H groups in total. The fourth-order valence-corrected chi connectivity index (χ4v) is 4.45. The van der Waals surface area contributed by atoms with Gasteiger partial charge < -0.3 is 4.74 Å². The lowest BCUT2D eigenvalue weighted by Crippen LogP contribution is -2.53. The van der Waals surface area contributed by atoms with Gasteiger partial charge in [0.1, 0.15) is 12.2 Å². The van der Waals surface area contributed by atoms with Crippen molar-refractivity contribution in [1.29, 1.82) is 0 Å². The van der Waals surface area contributed by atoms with E-state index >= 15 is 0 Å². The van der Waals surface area contributed by atoms with Crippen molar-refractivity contribution < 1.29 is 4.74 Å². The first-order valence-corrected chi connectivity index (χ1v) is 10.1. The molecule has 1 aromatic heterocycles. The van der Waals surface area contributed by atoms with E-state index in [1.165, 1.54) is 15.8 Å². The van der Waals surface area contributed by atoms with E-state index in [0.29, 0.717) is 31.4 Å². The molecule has 0 amide bonds.